The molecule has 0 radical (unpaired) electrons. The van der Waals surface area contributed by atoms with Crippen molar-refractivity contribution in [2.45, 2.75) is 12.8 Å². The molecule has 1 fully saturated rings. The minimum absolute atomic E-state index is 0.628. The molecule has 0 amide bonds. The van der Waals surface area contributed by atoms with Gasteiger partial charge in [0.1, 0.15) is 5.84 Å². The number of amidine groups is 1. The van der Waals surface area contributed by atoms with Crippen LogP contribution in [-0.2, 0) is 6.42 Å². The smallest absolute Gasteiger partial charge is 0.125 e. The van der Waals surface area contributed by atoms with Crippen LogP contribution < -0.4 is 15.5 Å². The van der Waals surface area contributed by atoms with E-state index in [1.165, 1.54) is 16.9 Å². The van der Waals surface area contributed by atoms with Gasteiger partial charge in [0, 0.05) is 49.7 Å². The average molecular weight is 399 g/mol. The molecule has 154 valence electrons. The molecule has 0 spiro atoms. The fraction of sp³-hybridized carbons (Fsp3) is 0.269. The van der Waals surface area contributed by atoms with Gasteiger partial charge >= 0.3 is 0 Å². The van der Waals surface area contributed by atoms with Gasteiger partial charge in [-0.1, -0.05) is 48.5 Å². The summed E-state index contributed by atoms with van der Waals surface area (Å²) in [6.45, 7) is 4.88. The summed E-state index contributed by atoms with van der Waals surface area (Å²) < 4.78 is 0. The lowest BCUT2D eigenvalue weighted by Gasteiger charge is -2.37. The Morgan fingerprint density at radius 2 is 1.23 bits per heavy atom. The van der Waals surface area contributed by atoms with E-state index in [-0.39, 0.29) is 0 Å². The first-order valence-electron chi connectivity index (χ1n) is 10.8. The minimum Gasteiger partial charge on any atom is -0.384 e. The molecular formula is C26H30N4. The Bertz CT molecular complexity index is 928. The van der Waals surface area contributed by atoms with Crippen LogP contribution in [0.1, 0.15) is 17.5 Å². The van der Waals surface area contributed by atoms with Crippen LogP contribution >= 0.6 is 0 Å². The molecule has 0 atom stereocenters. The summed E-state index contributed by atoms with van der Waals surface area (Å²) in [6.07, 6.45) is 2.04. The molecule has 4 nitrogen and oxygen atoms in total. The van der Waals surface area contributed by atoms with Crippen molar-refractivity contribution in [2.24, 2.45) is 10.7 Å². The highest BCUT2D eigenvalue weighted by Crippen LogP contribution is 2.21. The molecule has 3 aromatic carbocycles. The number of hydrogen-bond donors (Lipinski definition) is 1. The average Bonchev–Trinajstić information content (AvgIpc) is 2.83. The molecule has 0 aromatic heterocycles. The predicted octanol–water partition coefficient (Wildman–Crippen LogP) is 4.35. The monoisotopic (exact) mass is 398 g/mol. The van der Waals surface area contributed by atoms with E-state index in [2.05, 4.69) is 93.7 Å². The number of aliphatic imine (C=N–C) groups is 1. The van der Waals surface area contributed by atoms with E-state index in [0.29, 0.717) is 5.84 Å². The van der Waals surface area contributed by atoms with Crippen molar-refractivity contribution in [2.75, 3.05) is 42.5 Å². The van der Waals surface area contributed by atoms with E-state index in [1.807, 2.05) is 6.07 Å². The summed E-state index contributed by atoms with van der Waals surface area (Å²) in [6, 6.07) is 29.7. The number of hydrogen-bond acceptors (Lipinski definition) is 3. The van der Waals surface area contributed by atoms with Gasteiger partial charge < -0.3 is 15.5 Å². The number of aryl methyl sites for hydroxylation is 1. The van der Waals surface area contributed by atoms with Gasteiger partial charge in [-0.3, -0.25) is 4.99 Å². The first kappa shape index (κ1) is 20.0. The minimum atomic E-state index is 0.628. The molecule has 3 aromatic rings. The second-order valence-corrected chi connectivity index (χ2v) is 7.71. The van der Waals surface area contributed by atoms with Crippen molar-refractivity contribution in [3.63, 3.8) is 0 Å². The van der Waals surface area contributed by atoms with Crippen LogP contribution in [0, 0.1) is 0 Å². The van der Waals surface area contributed by atoms with E-state index in [9.17, 15) is 0 Å². The van der Waals surface area contributed by atoms with Crippen LogP contribution in [0.25, 0.3) is 0 Å². The third-order valence-electron chi connectivity index (χ3n) is 5.68. The van der Waals surface area contributed by atoms with E-state index >= 15 is 0 Å². The Balaban J connectivity index is 1.27. The molecule has 0 aliphatic carbocycles. The van der Waals surface area contributed by atoms with Gasteiger partial charge in [-0.15, -0.1) is 0 Å². The second kappa shape index (κ2) is 9.97. The summed E-state index contributed by atoms with van der Waals surface area (Å²) >= 11 is 0. The fourth-order valence-electron chi connectivity index (χ4n) is 3.92. The number of rotatable bonds is 7. The molecule has 0 saturated carbocycles. The summed E-state index contributed by atoms with van der Waals surface area (Å²) in [5.41, 5.74) is 11.1. The number of para-hydroxylation sites is 1. The molecule has 2 N–H and O–H groups in total. The van der Waals surface area contributed by atoms with Gasteiger partial charge in [-0.25, -0.2) is 0 Å². The Morgan fingerprint density at radius 3 is 1.83 bits per heavy atom. The van der Waals surface area contributed by atoms with Crippen LogP contribution in [0.5, 0.6) is 0 Å². The molecule has 4 rings (SSSR count). The Kier molecular flexibility index (Phi) is 6.65. The predicted molar refractivity (Wildman–Crippen MR) is 128 cm³/mol. The largest absolute Gasteiger partial charge is 0.384 e. The highest BCUT2D eigenvalue weighted by molar-refractivity contribution is 5.97. The maximum atomic E-state index is 6.22. The van der Waals surface area contributed by atoms with Gasteiger partial charge in [-0.05, 0) is 54.8 Å². The van der Waals surface area contributed by atoms with Gasteiger partial charge in [0.15, 0.2) is 0 Å². The summed E-state index contributed by atoms with van der Waals surface area (Å²) in [5.74, 6) is 0.628. The number of nitrogens with two attached hydrogens (primary N) is 1. The molecule has 4 heteroatoms. The summed E-state index contributed by atoms with van der Waals surface area (Å²) in [7, 11) is 0. The lowest BCUT2D eigenvalue weighted by molar-refractivity contribution is 0.653. The standard InChI is InChI=1S/C26H30N4/c27-26(28-17-7-10-22-8-3-1-4-9-22)23-13-15-25(16-14-23)30-20-18-29(19-21-30)24-11-5-2-6-12-24/h1-6,8-9,11-16H,7,10,17-21H2,(H2,27,28). The van der Waals surface area contributed by atoms with Crippen molar-refractivity contribution >= 4 is 17.2 Å². The molecule has 0 bridgehead atoms. The molecule has 30 heavy (non-hydrogen) atoms. The third-order valence-corrected chi connectivity index (χ3v) is 5.68. The zero-order valence-corrected chi connectivity index (χ0v) is 17.5. The van der Waals surface area contributed by atoms with Crippen LogP contribution in [0.3, 0.4) is 0 Å². The maximum absolute atomic E-state index is 6.22. The van der Waals surface area contributed by atoms with Crippen molar-refractivity contribution in [1.82, 2.24) is 0 Å². The highest BCUT2D eigenvalue weighted by atomic mass is 15.3. The van der Waals surface area contributed by atoms with Crippen LogP contribution in [0.15, 0.2) is 89.9 Å². The van der Waals surface area contributed by atoms with Gasteiger partial charge in [-0.2, -0.15) is 0 Å². The molecule has 1 heterocycles. The first-order valence-corrected chi connectivity index (χ1v) is 10.8. The molecule has 1 saturated heterocycles. The number of piperazine rings is 1. The fourth-order valence-corrected chi connectivity index (χ4v) is 3.92. The number of nitrogens with zero attached hydrogens (tertiary/aromatic N) is 3. The van der Waals surface area contributed by atoms with E-state index < -0.39 is 0 Å². The Morgan fingerprint density at radius 1 is 0.700 bits per heavy atom. The molecule has 1 aliphatic heterocycles. The molecule has 0 unspecified atom stereocenters. The van der Waals surface area contributed by atoms with Crippen LogP contribution in [-0.4, -0.2) is 38.6 Å². The van der Waals surface area contributed by atoms with E-state index in [1.54, 1.807) is 0 Å². The Hall–Kier alpha value is -3.27. The van der Waals surface area contributed by atoms with Gasteiger partial charge in [0.05, 0.1) is 0 Å². The third kappa shape index (κ3) is 5.20. The Labute approximate surface area is 179 Å². The van der Waals surface area contributed by atoms with Gasteiger partial charge in [0.2, 0.25) is 0 Å². The number of anilines is 2. The zero-order chi connectivity index (χ0) is 20.6. The topological polar surface area (TPSA) is 44.9 Å². The van der Waals surface area contributed by atoms with E-state index in [4.69, 9.17) is 5.73 Å². The SMILES string of the molecule is NC(=NCCCc1ccccc1)c1ccc(N2CCN(c3ccccc3)CC2)cc1. The number of benzene rings is 3. The lowest BCUT2D eigenvalue weighted by atomic mass is 10.1. The van der Waals surface area contributed by atoms with Crippen molar-refractivity contribution < 1.29 is 0 Å². The summed E-state index contributed by atoms with van der Waals surface area (Å²) in [4.78, 5) is 9.46. The summed E-state index contributed by atoms with van der Waals surface area (Å²) in [5, 5.41) is 0. The lowest BCUT2D eigenvalue weighted by Crippen LogP contribution is -2.46. The normalized spacial score (nSPS) is 14.7. The van der Waals surface area contributed by atoms with Crippen molar-refractivity contribution in [3.8, 4) is 0 Å². The molecule has 1 aliphatic rings. The van der Waals surface area contributed by atoms with Crippen molar-refractivity contribution in [3.05, 3.63) is 96.1 Å². The van der Waals surface area contributed by atoms with Crippen LogP contribution in [0.2, 0.25) is 0 Å². The maximum Gasteiger partial charge on any atom is 0.125 e. The quantitative estimate of drug-likeness (QED) is 0.366. The zero-order valence-electron chi connectivity index (χ0n) is 17.5. The first-order chi connectivity index (χ1) is 14.8. The highest BCUT2D eigenvalue weighted by Gasteiger charge is 2.17. The van der Waals surface area contributed by atoms with Crippen LogP contribution in [0.4, 0.5) is 11.4 Å². The van der Waals surface area contributed by atoms with E-state index in [0.717, 1.165) is 51.1 Å². The van der Waals surface area contributed by atoms with Crippen molar-refractivity contribution in [1.29, 1.82) is 0 Å². The van der Waals surface area contributed by atoms with Gasteiger partial charge in [0.25, 0.3) is 0 Å². The molecular weight excluding hydrogens is 368 g/mol. The second-order valence-electron chi connectivity index (χ2n) is 7.71.